The molecule has 2 aromatic rings. The van der Waals surface area contributed by atoms with Crippen molar-refractivity contribution in [1.82, 2.24) is 9.78 Å². The molecule has 3 heteroatoms. The van der Waals surface area contributed by atoms with Gasteiger partial charge in [-0.2, -0.15) is 5.10 Å². The summed E-state index contributed by atoms with van der Waals surface area (Å²) in [4.78, 5) is 0. The monoisotopic (exact) mass is 236 g/mol. The van der Waals surface area contributed by atoms with Crippen LogP contribution in [0.1, 0.15) is 5.56 Å². The average molecular weight is 237 g/mol. The molecular formula is C10H9BrN2. The first-order valence-corrected chi connectivity index (χ1v) is 4.83. The fraction of sp³-hybridized carbons (Fsp3) is 0.100. The van der Waals surface area contributed by atoms with Gasteiger partial charge in [0, 0.05) is 16.9 Å². The van der Waals surface area contributed by atoms with Crippen molar-refractivity contribution < 1.29 is 0 Å². The number of aromatic nitrogens is 2. The van der Waals surface area contributed by atoms with Crippen LogP contribution in [-0.4, -0.2) is 9.78 Å². The van der Waals surface area contributed by atoms with Gasteiger partial charge in [-0.05, 0) is 36.8 Å². The first kappa shape index (κ1) is 8.51. The molecule has 1 aromatic heterocycles. The third-order valence-electron chi connectivity index (χ3n) is 1.91. The summed E-state index contributed by atoms with van der Waals surface area (Å²) >= 11 is 3.43. The second-order valence-corrected chi connectivity index (χ2v) is 3.80. The summed E-state index contributed by atoms with van der Waals surface area (Å²) < 4.78 is 2.96. The molecule has 66 valence electrons. The molecule has 0 aliphatic heterocycles. The molecule has 0 atom stereocenters. The van der Waals surface area contributed by atoms with Crippen LogP contribution in [0.15, 0.2) is 41.1 Å². The number of hydrogen-bond acceptors (Lipinski definition) is 1. The fourth-order valence-corrected chi connectivity index (χ4v) is 1.76. The number of halogens is 1. The SMILES string of the molecule is Cc1cc(Br)ccc1-n1cccn1. The summed E-state index contributed by atoms with van der Waals surface area (Å²) in [5.41, 5.74) is 2.33. The van der Waals surface area contributed by atoms with Crippen molar-refractivity contribution in [3.8, 4) is 5.69 Å². The topological polar surface area (TPSA) is 17.8 Å². The Morgan fingerprint density at radius 1 is 1.38 bits per heavy atom. The molecule has 2 rings (SSSR count). The maximum absolute atomic E-state index is 4.18. The third kappa shape index (κ3) is 1.65. The summed E-state index contributed by atoms with van der Waals surface area (Å²) in [6.07, 6.45) is 3.72. The first-order chi connectivity index (χ1) is 6.27. The summed E-state index contributed by atoms with van der Waals surface area (Å²) in [6, 6.07) is 8.06. The Bertz CT molecular complexity index is 407. The van der Waals surface area contributed by atoms with Gasteiger partial charge in [0.1, 0.15) is 0 Å². The minimum absolute atomic E-state index is 1.10. The van der Waals surface area contributed by atoms with E-state index in [1.165, 1.54) is 5.56 Å². The van der Waals surface area contributed by atoms with Crippen molar-refractivity contribution >= 4 is 15.9 Å². The van der Waals surface area contributed by atoms with Crippen LogP contribution < -0.4 is 0 Å². The second kappa shape index (κ2) is 3.34. The lowest BCUT2D eigenvalue weighted by molar-refractivity contribution is 0.872. The van der Waals surface area contributed by atoms with Crippen LogP contribution in [-0.2, 0) is 0 Å². The van der Waals surface area contributed by atoms with E-state index in [-0.39, 0.29) is 0 Å². The van der Waals surface area contributed by atoms with E-state index in [0.29, 0.717) is 0 Å². The van der Waals surface area contributed by atoms with E-state index in [2.05, 4.69) is 34.0 Å². The number of nitrogens with zero attached hydrogens (tertiary/aromatic N) is 2. The van der Waals surface area contributed by atoms with Crippen molar-refractivity contribution in [2.24, 2.45) is 0 Å². The van der Waals surface area contributed by atoms with Gasteiger partial charge < -0.3 is 0 Å². The molecule has 0 aliphatic rings. The minimum Gasteiger partial charge on any atom is -0.241 e. The van der Waals surface area contributed by atoms with Crippen molar-refractivity contribution in [3.63, 3.8) is 0 Å². The van der Waals surface area contributed by atoms with Gasteiger partial charge in [0.05, 0.1) is 5.69 Å². The van der Waals surface area contributed by atoms with E-state index in [1.807, 2.05) is 29.1 Å². The molecule has 1 heterocycles. The number of benzene rings is 1. The van der Waals surface area contributed by atoms with E-state index in [4.69, 9.17) is 0 Å². The molecule has 0 bridgehead atoms. The molecule has 0 N–H and O–H groups in total. The number of rotatable bonds is 1. The predicted octanol–water partition coefficient (Wildman–Crippen LogP) is 2.94. The van der Waals surface area contributed by atoms with Crippen LogP contribution in [0.3, 0.4) is 0 Å². The summed E-state index contributed by atoms with van der Waals surface area (Å²) in [5, 5.41) is 4.18. The van der Waals surface area contributed by atoms with Gasteiger partial charge in [0.2, 0.25) is 0 Å². The van der Waals surface area contributed by atoms with Crippen molar-refractivity contribution in [2.75, 3.05) is 0 Å². The Balaban J connectivity index is 2.53. The Morgan fingerprint density at radius 2 is 2.23 bits per heavy atom. The van der Waals surface area contributed by atoms with Gasteiger partial charge in [0.15, 0.2) is 0 Å². The highest BCUT2D eigenvalue weighted by molar-refractivity contribution is 9.10. The van der Waals surface area contributed by atoms with E-state index >= 15 is 0 Å². The van der Waals surface area contributed by atoms with Gasteiger partial charge in [-0.3, -0.25) is 0 Å². The zero-order chi connectivity index (χ0) is 9.26. The van der Waals surface area contributed by atoms with Crippen LogP contribution in [0.5, 0.6) is 0 Å². The van der Waals surface area contributed by atoms with E-state index < -0.39 is 0 Å². The van der Waals surface area contributed by atoms with Gasteiger partial charge >= 0.3 is 0 Å². The maximum Gasteiger partial charge on any atom is 0.0675 e. The Kier molecular flexibility index (Phi) is 2.19. The lowest BCUT2D eigenvalue weighted by Crippen LogP contribution is -1.96. The molecule has 0 fully saturated rings. The van der Waals surface area contributed by atoms with Crippen LogP contribution >= 0.6 is 15.9 Å². The Morgan fingerprint density at radius 3 is 2.85 bits per heavy atom. The first-order valence-electron chi connectivity index (χ1n) is 4.03. The van der Waals surface area contributed by atoms with E-state index in [0.717, 1.165) is 10.2 Å². The number of hydrogen-bond donors (Lipinski definition) is 0. The summed E-state index contributed by atoms with van der Waals surface area (Å²) in [6.45, 7) is 2.07. The lowest BCUT2D eigenvalue weighted by atomic mass is 10.2. The molecular weight excluding hydrogens is 228 g/mol. The molecule has 0 amide bonds. The molecule has 0 spiro atoms. The largest absolute Gasteiger partial charge is 0.241 e. The zero-order valence-corrected chi connectivity index (χ0v) is 8.82. The summed E-state index contributed by atoms with van der Waals surface area (Å²) in [5.74, 6) is 0. The Labute approximate surface area is 85.3 Å². The van der Waals surface area contributed by atoms with E-state index in [1.54, 1.807) is 6.20 Å². The third-order valence-corrected chi connectivity index (χ3v) is 2.40. The molecule has 1 aromatic carbocycles. The highest BCUT2D eigenvalue weighted by Gasteiger charge is 2.00. The van der Waals surface area contributed by atoms with E-state index in [9.17, 15) is 0 Å². The zero-order valence-electron chi connectivity index (χ0n) is 7.24. The standard InChI is InChI=1S/C10H9BrN2/c1-8-7-9(11)3-4-10(8)13-6-2-5-12-13/h2-7H,1H3. The Hall–Kier alpha value is -1.09. The predicted molar refractivity (Wildman–Crippen MR) is 56.0 cm³/mol. The van der Waals surface area contributed by atoms with Gasteiger partial charge in [-0.15, -0.1) is 0 Å². The van der Waals surface area contributed by atoms with Gasteiger partial charge in [0.25, 0.3) is 0 Å². The molecule has 0 saturated heterocycles. The molecule has 0 unspecified atom stereocenters. The van der Waals surface area contributed by atoms with Crippen LogP contribution in [0.4, 0.5) is 0 Å². The fourth-order valence-electron chi connectivity index (χ4n) is 1.29. The quantitative estimate of drug-likeness (QED) is 0.745. The second-order valence-electron chi connectivity index (χ2n) is 2.88. The van der Waals surface area contributed by atoms with Crippen LogP contribution in [0.25, 0.3) is 5.69 Å². The normalized spacial score (nSPS) is 10.3. The number of aryl methyl sites for hydroxylation is 1. The molecule has 0 radical (unpaired) electrons. The molecule has 2 nitrogen and oxygen atoms in total. The van der Waals surface area contributed by atoms with Crippen LogP contribution in [0, 0.1) is 6.92 Å². The summed E-state index contributed by atoms with van der Waals surface area (Å²) in [7, 11) is 0. The maximum atomic E-state index is 4.18. The highest BCUT2D eigenvalue weighted by Crippen LogP contribution is 2.18. The van der Waals surface area contributed by atoms with Gasteiger partial charge in [-0.25, -0.2) is 4.68 Å². The smallest absolute Gasteiger partial charge is 0.0675 e. The lowest BCUT2D eigenvalue weighted by Gasteiger charge is -2.05. The highest BCUT2D eigenvalue weighted by atomic mass is 79.9. The van der Waals surface area contributed by atoms with Crippen LogP contribution in [0.2, 0.25) is 0 Å². The molecule has 0 aliphatic carbocycles. The average Bonchev–Trinajstić information content (AvgIpc) is 2.56. The van der Waals surface area contributed by atoms with Crippen molar-refractivity contribution in [3.05, 3.63) is 46.7 Å². The van der Waals surface area contributed by atoms with Crippen molar-refractivity contribution in [2.45, 2.75) is 6.92 Å². The van der Waals surface area contributed by atoms with Crippen molar-refractivity contribution in [1.29, 1.82) is 0 Å². The molecule has 13 heavy (non-hydrogen) atoms. The van der Waals surface area contributed by atoms with Gasteiger partial charge in [-0.1, -0.05) is 15.9 Å². The molecule has 0 saturated carbocycles. The minimum atomic E-state index is 1.10.